The van der Waals surface area contributed by atoms with E-state index in [1.807, 2.05) is 0 Å². The lowest BCUT2D eigenvalue weighted by molar-refractivity contribution is 0.562. The smallest absolute Gasteiger partial charge is 0.235 e. The lowest BCUT2D eigenvalue weighted by Crippen LogP contribution is -1.83. The number of hydrogen-bond acceptors (Lipinski definition) is 3. The van der Waals surface area contributed by atoms with Crippen molar-refractivity contribution in [1.29, 1.82) is 0 Å². The van der Waals surface area contributed by atoms with Crippen molar-refractivity contribution in [3.05, 3.63) is 18.2 Å². The standard InChI is InChI=1S/C7H7N3O/c11-4-10-6-1-5(6)7-2-8-3-9-7/h2-3,5-6H,1H2,(H,8,9)/t5-,6+/m1/s1. The molecule has 0 unspecified atom stereocenters. The van der Waals surface area contributed by atoms with Crippen molar-refractivity contribution in [2.45, 2.75) is 18.4 Å². The molecule has 1 aliphatic rings. The van der Waals surface area contributed by atoms with Crippen LogP contribution in [0.2, 0.25) is 0 Å². The van der Waals surface area contributed by atoms with Crippen molar-refractivity contribution in [2.24, 2.45) is 4.99 Å². The maximum absolute atomic E-state index is 9.85. The van der Waals surface area contributed by atoms with Crippen molar-refractivity contribution < 1.29 is 4.79 Å². The second kappa shape index (κ2) is 2.32. The van der Waals surface area contributed by atoms with Gasteiger partial charge in [0.05, 0.1) is 12.4 Å². The topological polar surface area (TPSA) is 58.1 Å². The van der Waals surface area contributed by atoms with Crippen LogP contribution >= 0.6 is 0 Å². The molecular weight excluding hydrogens is 142 g/mol. The number of imidazole rings is 1. The van der Waals surface area contributed by atoms with Gasteiger partial charge >= 0.3 is 0 Å². The number of isocyanates is 1. The summed E-state index contributed by atoms with van der Waals surface area (Å²) in [5, 5.41) is 0. The predicted molar refractivity (Wildman–Crippen MR) is 37.9 cm³/mol. The highest BCUT2D eigenvalue weighted by Crippen LogP contribution is 2.41. The third-order valence-electron chi connectivity index (χ3n) is 1.89. The van der Waals surface area contributed by atoms with Crippen LogP contribution in [-0.2, 0) is 4.79 Å². The van der Waals surface area contributed by atoms with Gasteiger partial charge in [-0.1, -0.05) is 0 Å². The third-order valence-corrected chi connectivity index (χ3v) is 1.89. The van der Waals surface area contributed by atoms with Crippen LogP contribution in [0, 0.1) is 0 Å². The van der Waals surface area contributed by atoms with Crippen LogP contribution in [0.3, 0.4) is 0 Å². The van der Waals surface area contributed by atoms with Crippen LogP contribution in [0.15, 0.2) is 17.5 Å². The van der Waals surface area contributed by atoms with Crippen LogP contribution in [0.1, 0.15) is 18.0 Å². The van der Waals surface area contributed by atoms with Gasteiger partial charge in [0.15, 0.2) is 0 Å². The molecule has 0 aromatic carbocycles. The molecule has 0 aliphatic heterocycles. The van der Waals surface area contributed by atoms with Gasteiger partial charge < -0.3 is 4.98 Å². The Bertz CT molecular complexity index is 287. The first-order valence-electron chi connectivity index (χ1n) is 3.47. The van der Waals surface area contributed by atoms with Gasteiger partial charge in [0.1, 0.15) is 0 Å². The van der Waals surface area contributed by atoms with Gasteiger partial charge in [-0.15, -0.1) is 0 Å². The minimum atomic E-state index is 0.146. The number of aromatic nitrogens is 2. The minimum Gasteiger partial charge on any atom is -0.348 e. The molecule has 2 rings (SSSR count). The van der Waals surface area contributed by atoms with E-state index >= 15 is 0 Å². The molecule has 1 N–H and O–H groups in total. The first kappa shape index (κ1) is 6.31. The average molecular weight is 149 g/mol. The summed E-state index contributed by atoms with van der Waals surface area (Å²) >= 11 is 0. The van der Waals surface area contributed by atoms with Gasteiger partial charge in [-0.25, -0.2) is 14.8 Å². The molecule has 0 bridgehead atoms. The van der Waals surface area contributed by atoms with Crippen LogP contribution in [-0.4, -0.2) is 22.1 Å². The highest BCUT2D eigenvalue weighted by Gasteiger charge is 2.39. The molecule has 1 fully saturated rings. The normalized spacial score (nSPS) is 27.6. The van der Waals surface area contributed by atoms with Crippen molar-refractivity contribution in [3.63, 3.8) is 0 Å². The van der Waals surface area contributed by atoms with E-state index in [9.17, 15) is 4.79 Å². The molecule has 1 saturated carbocycles. The molecule has 1 aliphatic carbocycles. The zero-order valence-electron chi connectivity index (χ0n) is 5.82. The number of nitrogens with one attached hydrogen (secondary N) is 1. The monoisotopic (exact) mass is 149 g/mol. The molecular formula is C7H7N3O. The Hall–Kier alpha value is -1.41. The van der Waals surface area contributed by atoms with E-state index in [2.05, 4.69) is 15.0 Å². The first-order valence-corrected chi connectivity index (χ1v) is 3.47. The SMILES string of the molecule is O=C=N[C@H]1C[C@H]1c1cnc[nH]1. The summed E-state index contributed by atoms with van der Waals surface area (Å²) in [6.07, 6.45) is 5.91. The number of aromatic amines is 1. The second-order valence-electron chi connectivity index (χ2n) is 2.64. The molecule has 0 spiro atoms. The molecule has 11 heavy (non-hydrogen) atoms. The van der Waals surface area contributed by atoms with E-state index in [0.29, 0.717) is 5.92 Å². The van der Waals surface area contributed by atoms with Crippen molar-refractivity contribution >= 4 is 6.08 Å². The molecule has 4 heteroatoms. The number of nitrogens with zero attached hydrogens (tertiary/aromatic N) is 2. The predicted octanol–water partition coefficient (Wildman–Crippen LogP) is 0.601. The molecule has 0 radical (unpaired) electrons. The molecule has 0 amide bonds. The average Bonchev–Trinajstić information content (AvgIpc) is 2.61. The molecule has 4 nitrogen and oxygen atoms in total. The van der Waals surface area contributed by atoms with Crippen LogP contribution in [0.5, 0.6) is 0 Å². The Kier molecular flexibility index (Phi) is 1.33. The van der Waals surface area contributed by atoms with E-state index in [0.717, 1.165) is 12.1 Å². The van der Waals surface area contributed by atoms with E-state index in [4.69, 9.17) is 0 Å². The maximum atomic E-state index is 9.85. The fourth-order valence-electron chi connectivity index (χ4n) is 1.20. The van der Waals surface area contributed by atoms with Gasteiger partial charge in [-0.05, 0) is 6.42 Å². The van der Waals surface area contributed by atoms with Gasteiger partial charge in [-0.3, -0.25) is 0 Å². The third kappa shape index (κ3) is 1.08. The summed E-state index contributed by atoms with van der Waals surface area (Å²) in [6.45, 7) is 0. The molecule has 1 heterocycles. The van der Waals surface area contributed by atoms with E-state index < -0.39 is 0 Å². The zero-order chi connectivity index (χ0) is 7.68. The van der Waals surface area contributed by atoms with Gasteiger partial charge in [0.2, 0.25) is 6.08 Å². The van der Waals surface area contributed by atoms with Crippen LogP contribution in [0.25, 0.3) is 0 Å². The Balaban J connectivity index is 2.07. The fraction of sp³-hybridized carbons (Fsp3) is 0.429. The van der Waals surface area contributed by atoms with Crippen LogP contribution < -0.4 is 0 Å². The number of rotatable bonds is 2. The highest BCUT2D eigenvalue weighted by molar-refractivity contribution is 5.36. The number of hydrogen-bond donors (Lipinski definition) is 1. The van der Waals surface area contributed by atoms with Crippen molar-refractivity contribution in [3.8, 4) is 0 Å². The van der Waals surface area contributed by atoms with Gasteiger partial charge in [0, 0.05) is 17.8 Å². The van der Waals surface area contributed by atoms with Crippen molar-refractivity contribution in [2.75, 3.05) is 0 Å². The summed E-state index contributed by atoms with van der Waals surface area (Å²) in [4.78, 5) is 20.3. The number of aliphatic imine (C=N–C) groups is 1. The molecule has 1 aromatic rings. The summed E-state index contributed by atoms with van der Waals surface area (Å²) in [5.74, 6) is 0.374. The van der Waals surface area contributed by atoms with Crippen molar-refractivity contribution in [1.82, 2.24) is 9.97 Å². The Morgan fingerprint density at radius 2 is 2.73 bits per heavy atom. The second-order valence-corrected chi connectivity index (χ2v) is 2.64. The van der Waals surface area contributed by atoms with E-state index in [-0.39, 0.29) is 6.04 Å². The summed E-state index contributed by atoms with van der Waals surface area (Å²) in [7, 11) is 0. The van der Waals surface area contributed by atoms with Gasteiger partial charge in [-0.2, -0.15) is 0 Å². The molecule has 1 aromatic heterocycles. The molecule has 56 valence electrons. The summed E-state index contributed by atoms with van der Waals surface area (Å²) < 4.78 is 0. The highest BCUT2D eigenvalue weighted by atomic mass is 16.1. The lowest BCUT2D eigenvalue weighted by atomic mass is 10.3. The summed E-state index contributed by atoms with van der Waals surface area (Å²) in [6, 6.07) is 0.146. The quantitative estimate of drug-likeness (QED) is 0.494. The maximum Gasteiger partial charge on any atom is 0.235 e. The Morgan fingerprint density at radius 1 is 1.82 bits per heavy atom. The van der Waals surface area contributed by atoms with Gasteiger partial charge in [0.25, 0.3) is 0 Å². The Labute approximate surface area is 63.4 Å². The fourth-order valence-corrected chi connectivity index (χ4v) is 1.20. The molecule has 0 saturated heterocycles. The number of carbonyl (C=O) groups excluding carboxylic acids is 1. The minimum absolute atomic E-state index is 0.146. The largest absolute Gasteiger partial charge is 0.348 e. The number of H-pyrrole nitrogens is 1. The lowest BCUT2D eigenvalue weighted by Gasteiger charge is -1.86. The van der Waals surface area contributed by atoms with E-state index in [1.54, 1.807) is 18.6 Å². The summed E-state index contributed by atoms with van der Waals surface area (Å²) in [5.41, 5.74) is 1.06. The van der Waals surface area contributed by atoms with E-state index in [1.165, 1.54) is 0 Å². The van der Waals surface area contributed by atoms with Crippen LogP contribution in [0.4, 0.5) is 0 Å². The Morgan fingerprint density at radius 3 is 3.36 bits per heavy atom. The zero-order valence-corrected chi connectivity index (χ0v) is 5.82. The first-order chi connectivity index (χ1) is 5.42. The molecule has 2 atom stereocenters.